The Morgan fingerprint density at radius 3 is 2.29 bits per heavy atom. The highest BCUT2D eigenvalue weighted by Crippen LogP contribution is 2.22. The van der Waals surface area contributed by atoms with E-state index in [1.165, 1.54) is 6.92 Å². The molecule has 0 spiro atoms. The van der Waals surface area contributed by atoms with Crippen LogP contribution in [-0.4, -0.2) is 11.8 Å². The summed E-state index contributed by atoms with van der Waals surface area (Å²) in [6, 6.07) is 12.2. The molecule has 0 saturated heterocycles. The van der Waals surface area contributed by atoms with E-state index >= 15 is 0 Å². The lowest BCUT2D eigenvalue weighted by molar-refractivity contribution is -0.114. The van der Waals surface area contributed by atoms with Crippen molar-refractivity contribution in [1.82, 2.24) is 0 Å². The molecule has 0 unspecified atom stereocenters. The predicted molar refractivity (Wildman–Crippen MR) is 84.9 cm³/mol. The fraction of sp³-hybridized carbons (Fsp3) is 0.125. The molecule has 108 valence electrons. The number of benzene rings is 2. The maximum Gasteiger partial charge on any atom is 0.257 e. The van der Waals surface area contributed by atoms with Gasteiger partial charge in [0.1, 0.15) is 0 Å². The van der Waals surface area contributed by atoms with Crippen molar-refractivity contribution in [3.8, 4) is 0 Å². The Morgan fingerprint density at radius 2 is 1.62 bits per heavy atom. The van der Waals surface area contributed by atoms with E-state index in [1.54, 1.807) is 36.4 Å². The molecule has 2 amide bonds. The van der Waals surface area contributed by atoms with Crippen LogP contribution in [0.1, 0.15) is 22.8 Å². The molecule has 0 saturated carbocycles. The molecule has 2 N–H and O–H groups in total. The van der Waals surface area contributed by atoms with Crippen LogP contribution in [0, 0.1) is 6.92 Å². The average Bonchev–Trinajstić information content (AvgIpc) is 2.41. The van der Waals surface area contributed by atoms with Crippen LogP contribution in [0.3, 0.4) is 0 Å². The van der Waals surface area contributed by atoms with E-state index in [1.807, 2.05) is 13.0 Å². The third kappa shape index (κ3) is 3.83. The number of carbonyl (C=O) groups excluding carboxylic acids is 2. The summed E-state index contributed by atoms with van der Waals surface area (Å²) in [6.45, 7) is 3.27. The van der Waals surface area contributed by atoms with Crippen LogP contribution in [0.5, 0.6) is 0 Å². The molecule has 2 aromatic carbocycles. The Labute approximate surface area is 128 Å². The fourth-order valence-corrected chi connectivity index (χ4v) is 2.11. The molecule has 0 aliphatic carbocycles. The van der Waals surface area contributed by atoms with Gasteiger partial charge in [-0.25, -0.2) is 0 Å². The van der Waals surface area contributed by atoms with E-state index in [2.05, 4.69) is 10.6 Å². The lowest BCUT2D eigenvalue weighted by Crippen LogP contribution is -2.13. The molecule has 2 aromatic rings. The van der Waals surface area contributed by atoms with Gasteiger partial charge in [0, 0.05) is 18.3 Å². The SMILES string of the molecule is CC(=O)Nc1cccc(NC(=O)c2cccc(C)c2Cl)c1. The number of halogens is 1. The largest absolute Gasteiger partial charge is 0.326 e. The molecule has 0 atom stereocenters. The molecule has 0 aromatic heterocycles. The first-order chi connectivity index (χ1) is 9.97. The zero-order chi connectivity index (χ0) is 15.4. The molecule has 0 aliphatic heterocycles. The molecule has 0 aliphatic rings. The van der Waals surface area contributed by atoms with E-state index in [0.29, 0.717) is 22.0 Å². The number of carbonyl (C=O) groups is 2. The Balaban J connectivity index is 2.20. The Kier molecular flexibility index (Phi) is 4.60. The molecule has 21 heavy (non-hydrogen) atoms. The summed E-state index contributed by atoms with van der Waals surface area (Å²) in [4.78, 5) is 23.3. The van der Waals surface area contributed by atoms with Crippen LogP contribution in [0.4, 0.5) is 11.4 Å². The molecule has 5 heteroatoms. The van der Waals surface area contributed by atoms with Crippen molar-refractivity contribution >= 4 is 34.8 Å². The maximum absolute atomic E-state index is 12.2. The van der Waals surface area contributed by atoms with Crippen molar-refractivity contribution in [1.29, 1.82) is 0 Å². The smallest absolute Gasteiger partial charge is 0.257 e. The van der Waals surface area contributed by atoms with Gasteiger partial charge in [0.05, 0.1) is 10.6 Å². The molecule has 0 heterocycles. The van der Waals surface area contributed by atoms with E-state index in [0.717, 1.165) is 5.56 Å². The Hall–Kier alpha value is -2.33. The third-order valence-electron chi connectivity index (χ3n) is 2.88. The first kappa shape index (κ1) is 15.1. The lowest BCUT2D eigenvalue weighted by atomic mass is 10.1. The zero-order valence-electron chi connectivity index (χ0n) is 11.7. The summed E-state index contributed by atoms with van der Waals surface area (Å²) in [5.41, 5.74) is 2.47. The lowest BCUT2D eigenvalue weighted by Gasteiger charge is -2.09. The topological polar surface area (TPSA) is 58.2 Å². The van der Waals surface area contributed by atoms with Gasteiger partial charge < -0.3 is 10.6 Å². The number of hydrogen-bond acceptors (Lipinski definition) is 2. The fourth-order valence-electron chi connectivity index (χ4n) is 1.90. The minimum absolute atomic E-state index is 0.166. The van der Waals surface area contributed by atoms with E-state index in [4.69, 9.17) is 11.6 Å². The number of nitrogens with one attached hydrogen (secondary N) is 2. The normalized spacial score (nSPS) is 10.0. The van der Waals surface area contributed by atoms with Crippen LogP contribution in [0.25, 0.3) is 0 Å². The van der Waals surface area contributed by atoms with E-state index < -0.39 is 0 Å². The summed E-state index contributed by atoms with van der Waals surface area (Å²) < 4.78 is 0. The van der Waals surface area contributed by atoms with Crippen molar-refractivity contribution in [2.45, 2.75) is 13.8 Å². The van der Waals surface area contributed by atoms with Gasteiger partial charge in [-0.2, -0.15) is 0 Å². The first-order valence-corrected chi connectivity index (χ1v) is 6.79. The van der Waals surface area contributed by atoms with Gasteiger partial charge in [-0.1, -0.05) is 29.8 Å². The predicted octanol–water partition coefficient (Wildman–Crippen LogP) is 3.86. The molecule has 0 radical (unpaired) electrons. The maximum atomic E-state index is 12.2. The minimum atomic E-state index is -0.288. The first-order valence-electron chi connectivity index (χ1n) is 6.41. The standard InChI is InChI=1S/C16H15ClN2O2/c1-10-5-3-8-14(15(10)17)16(21)19-13-7-4-6-12(9-13)18-11(2)20/h3-9H,1-2H3,(H,18,20)(H,19,21). The summed E-state index contributed by atoms with van der Waals surface area (Å²) in [6.07, 6.45) is 0. The van der Waals surface area contributed by atoms with Crippen molar-refractivity contribution in [3.05, 3.63) is 58.6 Å². The van der Waals surface area contributed by atoms with Gasteiger partial charge in [0.15, 0.2) is 0 Å². The summed E-state index contributed by atoms with van der Waals surface area (Å²) in [5, 5.41) is 5.87. The second-order valence-electron chi connectivity index (χ2n) is 4.65. The number of hydrogen-bond donors (Lipinski definition) is 2. The summed E-state index contributed by atoms with van der Waals surface area (Å²) >= 11 is 6.14. The molecular formula is C16H15ClN2O2. The Bertz CT molecular complexity index is 698. The van der Waals surface area contributed by atoms with Gasteiger partial charge in [-0.15, -0.1) is 0 Å². The highest BCUT2D eigenvalue weighted by atomic mass is 35.5. The van der Waals surface area contributed by atoms with Crippen molar-refractivity contribution in [2.24, 2.45) is 0 Å². The second kappa shape index (κ2) is 6.41. The second-order valence-corrected chi connectivity index (χ2v) is 5.03. The van der Waals surface area contributed by atoms with Crippen LogP contribution in [0.15, 0.2) is 42.5 Å². The molecular weight excluding hydrogens is 288 g/mol. The van der Waals surface area contributed by atoms with E-state index in [9.17, 15) is 9.59 Å². The van der Waals surface area contributed by atoms with Gasteiger partial charge in [-0.3, -0.25) is 9.59 Å². The van der Waals surface area contributed by atoms with Gasteiger partial charge in [0.2, 0.25) is 5.91 Å². The highest BCUT2D eigenvalue weighted by Gasteiger charge is 2.12. The van der Waals surface area contributed by atoms with E-state index in [-0.39, 0.29) is 11.8 Å². The van der Waals surface area contributed by atoms with Gasteiger partial charge in [-0.05, 0) is 36.8 Å². The quantitative estimate of drug-likeness (QED) is 0.904. The molecule has 0 fully saturated rings. The number of rotatable bonds is 3. The highest BCUT2D eigenvalue weighted by molar-refractivity contribution is 6.35. The minimum Gasteiger partial charge on any atom is -0.326 e. The van der Waals surface area contributed by atoms with Crippen molar-refractivity contribution in [2.75, 3.05) is 10.6 Å². The monoisotopic (exact) mass is 302 g/mol. The number of amides is 2. The van der Waals surface area contributed by atoms with Crippen LogP contribution in [-0.2, 0) is 4.79 Å². The number of anilines is 2. The molecule has 0 bridgehead atoms. The van der Waals surface area contributed by atoms with Crippen LogP contribution in [0.2, 0.25) is 5.02 Å². The third-order valence-corrected chi connectivity index (χ3v) is 3.38. The summed E-state index contributed by atoms with van der Waals surface area (Å²) in [7, 11) is 0. The van der Waals surface area contributed by atoms with Gasteiger partial charge >= 0.3 is 0 Å². The zero-order valence-corrected chi connectivity index (χ0v) is 12.5. The van der Waals surface area contributed by atoms with Crippen molar-refractivity contribution in [3.63, 3.8) is 0 Å². The molecule has 4 nitrogen and oxygen atoms in total. The summed E-state index contributed by atoms with van der Waals surface area (Å²) in [5.74, 6) is -0.455. The van der Waals surface area contributed by atoms with Crippen LogP contribution >= 0.6 is 11.6 Å². The number of aryl methyl sites for hydroxylation is 1. The molecule has 2 rings (SSSR count). The van der Waals surface area contributed by atoms with Crippen molar-refractivity contribution < 1.29 is 9.59 Å². The average molecular weight is 303 g/mol. The van der Waals surface area contributed by atoms with Crippen LogP contribution < -0.4 is 10.6 Å². The Morgan fingerprint density at radius 1 is 1.00 bits per heavy atom. The van der Waals surface area contributed by atoms with Gasteiger partial charge in [0.25, 0.3) is 5.91 Å².